The molecule has 380 valence electrons. The second-order valence-electron chi connectivity index (χ2n) is 19.8. The third-order valence-corrected chi connectivity index (χ3v) is 12.5. The Bertz CT molecular complexity index is 1160. The van der Waals surface area contributed by atoms with Crippen LogP contribution in [0, 0.1) is 0 Å². The minimum atomic E-state index is -1.12. The van der Waals surface area contributed by atoms with Crippen molar-refractivity contribution in [2.45, 2.75) is 270 Å². The van der Waals surface area contributed by atoms with Crippen LogP contribution in [0.15, 0.2) is 36.5 Å². The summed E-state index contributed by atoms with van der Waals surface area (Å²) in [5.74, 6) is -1.72. The summed E-state index contributed by atoms with van der Waals surface area (Å²) in [7, 11) is 5.42. The molecule has 0 heterocycles. The first kappa shape index (κ1) is 62.5. The highest BCUT2D eigenvalue weighted by molar-refractivity contribution is 5.70. The molecule has 0 aliphatic carbocycles. The summed E-state index contributed by atoms with van der Waals surface area (Å²) in [4.78, 5) is 37.1. The smallest absolute Gasteiger partial charge is 0.306 e. The molecule has 0 fully saturated rings. The number of hydrogen-bond donors (Lipinski definition) is 0. The zero-order chi connectivity index (χ0) is 47.7. The average Bonchev–Trinajstić information content (AvgIpc) is 3.27. The fourth-order valence-corrected chi connectivity index (χ4v) is 8.32. The number of carboxylic acids is 1. The predicted molar refractivity (Wildman–Crippen MR) is 273 cm³/mol. The molecule has 0 aromatic carbocycles. The fraction of sp³-hybridized carbons (Fsp3) is 0.842. The van der Waals surface area contributed by atoms with Crippen LogP contribution in [-0.4, -0.2) is 75.5 Å². The monoisotopic (exact) mass is 916 g/mol. The SMILES string of the molecule is CC/C=C/C/C=C/C/C=C/CCCCCCCCCCCC(=O)OC(COCCC(C(=O)[O-])[N+](C)(C)C)COC(=O)CCCCCCCCCCCCCCCCCCCCCCCC. The van der Waals surface area contributed by atoms with Gasteiger partial charge < -0.3 is 28.6 Å². The van der Waals surface area contributed by atoms with Gasteiger partial charge in [0.25, 0.3) is 0 Å². The van der Waals surface area contributed by atoms with E-state index in [0.717, 1.165) is 64.2 Å². The minimum Gasteiger partial charge on any atom is -0.544 e. The molecule has 0 bridgehead atoms. The number of ether oxygens (including phenoxy) is 3. The van der Waals surface area contributed by atoms with Crippen molar-refractivity contribution in [3.05, 3.63) is 36.5 Å². The number of allylic oxidation sites excluding steroid dienone is 6. The highest BCUT2D eigenvalue weighted by Gasteiger charge is 2.25. The largest absolute Gasteiger partial charge is 0.544 e. The summed E-state index contributed by atoms with van der Waals surface area (Å²) in [5.41, 5.74) is 0. The first-order chi connectivity index (χ1) is 31.6. The molecular weight excluding hydrogens is 811 g/mol. The lowest BCUT2D eigenvalue weighted by molar-refractivity contribution is -0.889. The second-order valence-corrected chi connectivity index (χ2v) is 19.8. The molecule has 0 aromatic heterocycles. The van der Waals surface area contributed by atoms with Gasteiger partial charge >= 0.3 is 11.9 Å². The summed E-state index contributed by atoms with van der Waals surface area (Å²) >= 11 is 0. The number of nitrogens with zero attached hydrogens (tertiary/aromatic N) is 1. The molecule has 0 aliphatic rings. The molecule has 0 saturated carbocycles. The quantitative estimate of drug-likeness (QED) is 0.0259. The number of rotatable bonds is 50. The fourth-order valence-electron chi connectivity index (χ4n) is 8.32. The van der Waals surface area contributed by atoms with Crippen molar-refractivity contribution in [2.75, 3.05) is 41.0 Å². The molecule has 0 spiro atoms. The van der Waals surface area contributed by atoms with E-state index in [-0.39, 0.29) is 42.7 Å². The first-order valence-corrected chi connectivity index (χ1v) is 27.5. The Morgan fingerprint density at radius 2 is 0.862 bits per heavy atom. The van der Waals surface area contributed by atoms with Gasteiger partial charge in [-0.3, -0.25) is 9.59 Å². The van der Waals surface area contributed by atoms with Gasteiger partial charge in [0.1, 0.15) is 12.6 Å². The molecule has 65 heavy (non-hydrogen) atoms. The Morgan fingerprint density at radius 1 is 0.477 bits per heavy atom. The van der Waals surface area contributed by atoms with Crippen molar-refractivity contribution in [1.82, 2.24) is 0 Å². The number of hydrogen-bond acceptors (Lipinski definition) is 7. The van der Waals surface area contributed by atoms with Gasteiger partial charge in [-0.15, -0.1) is 0 Å². The van der Waals surface area contributed by atoms with Crippen molar-refractivity contribution in [3.8, 4) is 0 Å². The van der Waals surface area contributed by atoms with Crippen LogP contribution in [0.2, 0.25) is 0 Å². The lowest BCUT2D eigenvalue weighted by Crippen LogP contribution is -2.55. The molecule has 8 nitrogen and oxygen atoms in total. The van der Waals surface area contributed by atoms with Crippen molar-refractivity contribution in [2.24, 2.45) is 0 Å². The van der Waals surface area contributed by atoms with Crippen LogP contribution in [0.4, 0.5) is 0 Å². The summed E-state index contributed by atoms with van der Waals surface area (Å²) in [6.45, 7) is 4.59. The van der Waals surface area contributed by atoms with Crippen LogP contribution in [-0.2, 0) is 28.6 Å². The molecule has 0 rings (SSSR count). The molecule has 2 unspecified atom stereocenters. The van der Waals surface area contributed by atoms with E-state index in [1.165, 1.54) is 161 Å². The van der Waals surface area contributed by atoms with E-state index in [1.807, 2.05) is 21.1 Å². The molecular formula is C57H105NO7. The van der Waals surface area contributed by atoms with Crippen LogP contribution >= 0.6 is 0 Å². The maximum atomic E-state index is 12.8. The lowest BCUT2D eigenvalue weighted by Gasteiger charge is -2.34. The van der Waals surface area contributed by atoms with Crippen LogP contribution in [0.1, 0.15) is 258 Å². The van der Waals surface area contributed by atoms with Crippen LogP contribution in [0.5, 0.6) is 0 Å². The molecule has 0 aromatic rings. The molecule has 0 N–H and O–H groups in total. The van der Waals surface area contributed by atoms with Crippen LogP contribution in [0.25, 0.3) is 0 Å². The number of carbonyl (C=O) groups excluding carboxylic acids is 3. The molecule has 0 radical (unpaired) electrons. The van der Waals surface area contributed by atoms with E-state index in [0.29, 0.717) is 12.8 Å². The van der Waals surface area contributed by atoms with E-state index in [9.17, 15) is 19.5 Å². The van der Waals surface area contributed by atoms with Crippen molar-refractivity contribution in [1.29, 1.82) is 0 Å². The second kappa shape index (κ2) is 48.0. The number of quaternary nitrogens is 1. The van der Waals surface area contributed by atoms with Gasteiger partial charge in [-0.05, 0) is 44.9 Å². The molecule has 0 aliphatic heterocycles. The van der Waals surface area contributed by atoms with Crippen molar-refractivity contribution >= 4 is 17.9 Å². The minimum absolute atomic E-state index is 0.0418. The number of carboxylic acid groups (broad SMARTS) is 1. The first-order valence-electron chi connectivity index (χ1n) is 27.5. The average molecular weight is 916 g/mol. The van der Waals surface area contributed by atoms with Gasteiger partial charge in [-0.1, -0.05) is 230 Å². The number of unbranched alkanes of at least 4 members (excludes halogenated alkanes) is 30. The Hall–Kier alpha value is -2.45. The summed E-state index contributed by atoms with van der Waals surface area (Å²) < 4.78 is 17.3. The number of likely N-dealkylation sites (N-methyl/N-ethyl adjacent to an activating group) is 1. The van der Waals surface area contributed by atoms with E-state index >= 15 is 0 Å². The zero-order valence-corrected chi connectivity index (χ0v) is 43.4. The van der Waals surface area contributed by atoms with Gasteiger partial charge in [0, 0.05) is 19.3 Å². The van der Waals surface area contributed by atoms with E-state index in [2.05, 4.69) is 50.3 Å². The highest BCUT2D eigenvalue weighted by atomic mass is 16.6. The van der Waals surface area contributed by atoms with Crippen LogP contribution < -0.4 is 5.11 Å². The molecule has 0 amide bonds. The lowest BCUT2D eigenvalue weighted by atomic mass is 10.0. The standard InChI is InChI=1S/C57H105NO7/c1-6-8-10-12-14-16-18-20-22-24-26-27-28-30-31-33-35-37-39-41-43-45-47-55(59)64-52-53(51-63-50-49-54(57(61)62)58(3,4)5)65-56(60)48-46-44-42-40-38-36-34-32-29-25-23-21-19-17-15-13-11-9-7-2/h9,11,15,17,21,23,53-54H,6-8,10,12-14,16,18-20,22,24-52H2,1-5H3/b11-9+,17-15+,23-21+. The molecule has 8 heteroatoms. The van der Waals surface area contributed by atoms with Crippen molar-refractivity contribution in [3.63, 3.8) is 0 Å². The van der Waals surface area contributed by atoms with E-state index in [4.69, 9.17) is 14.2 Å². The Morgan fingerprint density at radius 3 is 1.28 bits per heavy atom. The Balaban J connectivity index is 4.16. The van der Waals surface area contributed by atoms with E-state index in [1.54, 1.807) is 0 Å². The topological polar surface area (TPSA) is 102 Å². The summed E-state index contributed by atoms with van der Waals surface area (Å²) in [6, 6.07) is -0.726. The molecule has 2 atom stereocenters. The normalized spacial score (nSPS) is 13.1. The Labute approximate surface area is 402 Å². The maximum Gasteiger partial charge on any atom is 0.306 e. The third kappa shape index (κ3) is 46.4. The van der Waals surface area contributed by atoms with Gasteiger partial charge in [-0.2, -0.15) is 0 Å². The summed E-state index contributed by atoms with van der Waals surface area (Å²) in [6.07, 6.45) is 57.5. The third-order valence-electron chi connectivity index (χ3n) is 12.5. The highest BCUT2D eigenvalue weighted by Crippen LogP contribution is 2.17. The predicted octanol–water partition coefficient (Wildman–Crippen LogP) is 14.8. The summed E-state index contributed by atoms with van der Waals surface area (Å²) in [5, 5.41) is 11.7. The Kier molecular flexibility index (Phi) is 46.2. The van der Waals surface area contributed by atoms with Gasteiger partial charge in [0.15, 0.2) is 6.10 Å². The van der Waals surface area contributed by atoms with Gasteiger partial charge in [0.2, 0.25) is 0 Å². The van der Waals surface area contributed by atoms with E-state index < -0.39 is 18.1 Å². The van der Waals surface area contributed by atoms with Gasteiger partial charge in [-0.25, -0.2) is 0 Å². The number of aliphatic carboxylic acids is 1. The van der Waals surface area contributed by atoms with Crippen LogP contribution in [0.3, 0.4) is 0 Å². The van der Waals surface area contributed by atoms with Crippen molar-refractivity contribution < 1.29 is 38.2 Å². The zero-order valence-electron chi connectivity index (χ0n) is 43.4. The molecule has 0 saturated heterocycles. The van der Waals surface area contributed by atoms with Gasteiger partial charge in [0.05, 0.1) is 40.3 Å². The maximum absolute atomic E-state index is 12.8. The number of esters is 2. The number of carbonyl (C=O) groups is 3.